The number of rotatable bonds is 4. The first-order valence-corrected chi connectivity index (χ1v) is 11.0. The maximum Gasteiger partial charge on any atom is 0.137 e. The van der Waals surface area contributed by atoms with Gasteiger partial charge in [-0.05, 0) is 30.1 Å². The van der Waals surface area contributed by atoms with Gasteiger partial charge in [0.1, 0.15) is 5.82 Å². The van der Waals surface area contributed by atoms with E-state index in [2.05, 4.69) is 64.1 Å². The minimum Gasteiger partial charge on any atom is -0.378 e. The van der Waals surface area contributed by atoms with Gasteiger partial charge in [0.05, 0.1) is 36.5 Å². The molecule has 0 N–H and O–H groups in total. The zero-order valence-electron chi connectivity index (χ0n) is 18.9. The highest BCUT2D eigenvalue weighted by molar-refractivity contribution is 5.94. The Hall–Kier alpha value is -1.83. The predicted octanol–water partition coefficient (Wildman–Crippen LogP) is 4.54. The van der Waals surface area contributed by atoms with Crippen LogP contribution in [0.3, 0.4) is 0 Å². The van der Waals surface area contributed by atoms with Crippen LogP contribution in [0.2, 0.25) is 0 Å². The van der Waals surface area contributed by atoms with Crippen molar-refractivity contribution in [2.45, 2.75) is 6.92 Å². The average molecular weight is 513 g/mol. The average Bonchev–Trinajstić information content (AvgIpc) is 2.84. The highest BCUT2D eigenvalue weighted by atomic mass is 35.5. The summed E-state index contributed by atoms with van der Waals surface area (Å²) in [6, 6.07) is 15.0. The molecule has 2 aliphatic rings. The Kier molecular flexibility index (Phi) is 10.5. The lowest BCUT2D eigenvalue weighted by molar-refractivity contribution is 0.122. The van der Waals surface area contributed by atoms with E-state index >= 15 is 0 Å². The number of likely N-dealkylation sites (N-methyl/N-ethyl adjacent to an activating group) is 1. The van der Waals surface area contributed by atoms with Crippen LogP contribution >= 0.6 is 37.2 Å². The van der Waals surface area contributed by atoms with Gasteiger partial charge in [-0.2, -0.15) is 0 Å². The summed E-state index contributed by atoms with van der Waals surface area (Å²) in [6.45, 7) is 10.9. The Bertz CT molecular complexity index is 1010. The number of anilines is 2. The molecular weight excluding hydrogens is 481 g/mol. The van der Waals surface area contributed by atoms with Crippen LogP contribution < -0.4 is 9.80 Å². The monoisotopic (exact) mass is 511 g/mol. The molecule has 2 fully saturated rings. The van der Waals surface area contributed by atoms with E-state index in [1.807, 2.05) is 6.20 Å². The van der Waals surface area contributed by atoms with Crippen molar-refractivity contribution in [3.63, 3.8) is 0 Å². The SMILES string of the molecule is CCN1CCN(c2nc(-c3ccc(N4CCOCC4)cn3)cc3ccccc23)CC1.Cl.Cl.Cl. The summed E-state index contributed by atoms with van der Waals surface area (Å²) in [5, 5.41) is 2.44. The molecule has 0 aliphatic carbocycles. The number of aromatic nitrogens is 2. The zero-order valence-corrected chi connectivity index (χ0v) is 21.3. The van der Waals surface area contributed by atoms with Crippen LogP contribution in [0.4, 0.5) is 11.5 Å². The molecule has 9 heteroatoms. The molecule has 1 aromatic carbocycles. The quantitative estimate of drug-likeness (QED) is 0.511. The van der Waals surface area contributed by atoms with Crippen molar-refractivity contribution in [3.8, 4) is 11.4 Å². The highest BCUT2D eigenvalue weighted by Gasteiger charge is 2.20. The number of halogens is 3. The van der Waals surface area contributed by atoms with Gasteiger partial charge in [0.25, 0.3) is 0 Å². The van der Waals surface area contributed by atoms with Crippen LogP contribution in [-0.4, -0.2) is 73.9 Å². The van der Waals surface area contributed by atoms with Crippen molar-refractivity contribution in [2.24, 2.45) is 0 Å². The first-order chi connectivity index (χ1) is 14.8. The number of ether oxygens (including phenoxy) is 1. The molecule has 4 heterocycles. The number of nitrogens with zero attached hydrogens (tertiary/aromatic N) is 5. The summed E-state index contributed by atoms with van der Waals surface area (Å²) in [6.07, 6.45) is 1.97. The lowest BCUT2D eigenvalue weighted by Crippen LogP contribution is -2.46. The first kappa shape index (κ1) is 27.4. The van der Waals surface area contributed by atoms with Crippen molar-refractivity contribution in [2.75, 3.05) is 68.8 Å². The number of pyridine rings is 2. The molecule has 180 valence electrons. The minimum atomic E-state index is 0. The van der Waals surface area contributed by atoms with Crippen LogP contribution in [0.15, 0.2) is 48.7 Å². The van der Waals surface area contributed by atoms with E-state index in [4.69, 9.17) is 14.7 Å². The molecule has 0 unspecified atom stereocenters. The van der Waals surface area contributed by atoms with Gasteiger partial charge in [-0.1, -0.05) is 31.2 Å². The number of piperazine rings is 1. The van der Waals surface area contributed by atoms with Gasteiger partial charge in [-0.3, -0.25) is 4.98 Å². The van der Waals surface area contributed by atoms with E-state index < -0.39 is 0 Å². The van der Waals surface area contributed by atoms with Gasteiger partial charge in [0.2, 0.25) is 0 Å². The van der Waals surface area contributed by atoms with E-state index in [0.717, 1.165) is 81.9 Å². The molecule has 2 saturated heterocycles. The Labute approximate surface area is 214 Å². The molecule has 2 aromatic heterocycles. The molecule has 5 rings (SSSR count). The molecular formula is C24H32Cl3N5O. The molecule has 0 saturated carbocycles. The van der Waals surface area contributed by atoms with E-state index in [0.29, 0.717) is 0 Å². The van der Waals surface area contributed by atoms with Crippen LogP contribution in [0.25, 0.3) is 22.2 Å². The maximum atomic E-state index is 5.46. The van der Waals surface area contributed by atoms with Crippen molar-refractivity contribution >= 4 is 59.5 Å². The molecule has 3 aromatic rings. The molecule has 0 bridgehead atoms. The summed E-state index contributed by atoms with van der Waals surface area (Å²) >= 11 is 0. The molecule has 2 aliphatic heterocycles. The van der Waals surface area contributed by atoms with E-state index in [1.165, 1.54) is 10.8 Å². The van der Waals surface area contributed by atoms with Crippen LogP contribution in [0, 0.1) is 0 Å². The third-order valence-electron chi connectivity index (χ3n) is 6.23. The fourth-order valence-corrected chi connectivity index (χ4v) is 4.37. The van der Waals surface area contributed by atoms with Crippen molar-refractivity contribution in [1.82, 2.24) is 14.9 Å². The van der Waals surface area contributed by atoms with E-state index in [9.17, 15) is 0 Å². The van der Waals surface area contributed by atoms with Crippen LogP contribution in [0.1, 0.15) is 6.92 Å². The Morgan fingerprint density at radius 2 is 1.55 bits per heavy atom. The molecule has 33 heavy (non-hydrogen) atoms. The molecule has 0 spiro atoms. The van der Waals surface area contributed by atoms with Crippen molar-refractivity contribution in [1.29, 1.82) is 0 Å². The lowest BCUT2D eigenvalue weighted by Gasteiger charge is -2.35. The normalized spacial score (nSPS) is 16.5. The number of fused-ring (bicyclic) bond motifs is 1. The molecule has 0 atom stereocenters. The van der Waals surface area contributed by atoms with Gasteiger partial charge in [-0.25, -0.2) is 4.98 Å². The maximum absolute atomic E-state index is 5.46. The zero-order chi connectivity index (χ0) is 20.3. The fraction of sp³-hybridized carbons (Fsp3) is 0.417. The van der Waals surface area contributed by atoms with Crippen LogP contribution in [-0.2, 0) is 4.74 Å². The fourth-order valence-electron chi connectivity index (χ4n) is 4.37. The van der Waals surface area contributed by atoms with E-state index in [1.54, 1.807) is 0 Å². The number of hydrogen-bond donors (Lipinski definition) is 0. The summed E-state index contributed by atoms with van der Waals surface area (Å²) in [5.74, 6) is 1.08. The summed E-state index contributed by atoms with van der Waals surface area (Å²) < 4.78 is 5.46. The molecule has 6 nitrogen and oxygen atoms in total. The van der Waals surface area contributed by atoms with Gasteiger partial charge in [-0.15, -0.1) is 37.2 Å². The van der Waals surface area contributed by atoms with Gasteiger partial charge in [0, 0.05) is 44.7 Å². The summed E-state index contributed by atoms with van der Waals surface area (Å²) in [5.41, 5.74) is 3.01. The van der Waals surface area contributed by atoms with E-state index in [-0.39, 0.29) is 37.2 Å². The second kappa shape index (κ2) is 12.6. The predicted molar refractivity (Wildman–Crippen MR) is 144 cm³/mol. The number of hydrogen-bond acceptors (Lipinski definition) is 6. The number of morpholine rings is 1. The Morgan fingerprint density at radius 3 is 2.21 bits per heavy atom. The summed E-state index contributed by atoms with van der Waals surface area (Å²) in [7, 11) is 0. The lowest BCUT2D eigenvalue weighted by atomic mass is 10.1. The van der Waals surface area contributed by atoms with Crippen LogP contribution in [0.5, 0.6) is 0 Å². The first-order valence-electron chi connectivity index (χ1n) is 11.0. The third-order valence-corrected chi connectivity index (χ3v) is 6.23. The highest BCUT2D eigenvalue weighted by Crippen LogP contribution is 2.30. The standard InChI is InChI=1S/C24H29N5O.3ClH/c1-2-27-9-11-29(12-10-27)24-21-6-4-3-5-19(21)17-23(26-24)22-8-7-20(18-25-22)28-13-15-30-16-14-28;;;/h3-8,17-18H,2,9-16H2,1H3;3*1H. The van der Waals surface area contributed by atoms with Crippen molar-refractivity contribution < 1.29 is 4.74 Å². The Morgan fingerprint density at radius 1 is 0.818 bits per heavy atom. The van der Waals surface area contributed by atoms with Gasteiger partial charge in [0.15, 0.2) is 0 Å². The van der Waals surface area contributed by atoms with Gasteiger partial charge >= 0.3 is 0 Å². The second-order valence-electron chi connectivity index (χ2n) is 7.97. The largest absolute Gasteiger partial charge is 0.378 e. The topological polar surface area (TPSA) is 44.7 Å². The second-order valence-corrected chi connectivity index (χ2v) is 7.97. The minimum absolute atomic E-state index is 0. The molecule has 0 amide bonds. The third kappa shape index (κ3) is 6.00. The molecule has 0 radical (unpaired) electrons. The van der Waals surface area contributed by atoms with Gasteiger partial charge < -0.3 is 19.4 Å². The summed E-state index contributed by atoms with van der Waals surface area (Å²) in [4.78, 5) is 17.1. The number of benzene rings is 1. The Balaban J connectivity index is 0.00000128. The van der Waals surface area contributed by atoms with Crippen molar-refractivity contribution in [3.05, 3.63) is 48.7 Å². The smallest absolute Gasteiger partial charge is 0.137 e.